The third-order valence-electron chi connectivity index (χ3n) is 4.53. The molecule has 5 heteroatoms. The maximum absolute atomic E-state index is 12.5. The average Bonchev–Trinajstić information content (AvgIpc) is 2.56. The summed E-state index contributed by atoms with van der Waals surface area (Å²) >= 11 is 0. The number of anilines is 2. The van der Waals surface area contributed by atoms with Gasteiger partial charge in [0.15, 0.2) is 0 Å². The van der Waals surface area contributed by atoms with Crippen molar-refractivity contribution in [2.24, 2.45) is 11.8 Å². The van der Waals surface area contributed by atoms with Gasteiger partial charge in [0, 0.05) is 30.4 Å². The molecule has 0 spiro atoms. The van der Waals surface area contributed by atoms with Gasteiger partial charge in [0.2, 0.25) is 11.8 Å². The number of likely N-dealkylation sites (tertiary alicyclic amines) is 1. The Morgan fingerprint density at radius 1 is 1.04 bits per heavy atom. The van der Waals surface area contributed by atoms with Gasteiger partial charge in [-0.25, -0.2) is 0 Å². The lowest BCUT2D eigenvalue weighted by Crippen LogP contribution is -2.45. The van der Waals surface area contributed by atoms with E-state index < -0.39 is 0 Å². The van der Waals surface area contributed by atoms with Gasteiger partial charge in [-0.15, -0.1) is 0 Å². The highest BCUT2D eigenvalue weighted by Gasteiger charge is 2.24. The second kappa shape index (κ2) is 8.18. The minimum Gasteiger partial charge on any atom is -0.374 e. The van der Waals surface area contributed by atoms with Crippen molar-refractivity contribution in [1.29, 1.82) is 0 Å². The fraction of sp³-hybridized carbons (Fsp3) is 0.579. The first-order valence-corrected chi connectivity index (χ1v) is 8.83. The van der Waals surface area contributed by atoms with Crippen molar-refractivity contribution in [2.75, 3.05) is 23.7 Å². The smallest absolute Gasteiger partial charge is 0.244 e. The quantitative estimate of drug-likeness (QED) is 0.870. The van der Waals surface area contributed by atoms with E-state index in [0.29, 0.717) is 5.92 Å². The molecule has 5 nitrogen and oxygen atoms in total. The van der Waals surface area contributed by atoms with Crippen LogP contribution < -0.4 is 10.6 Å². The highest BCUT2D eigenvalue weighted by molar-refractivity contribution is 5.92. The van der Waals surface area contributed by atoms with Crippen LogP contribution >= 0.6 is 0 Å². The molecule has 1 saturated heterocycles. The number of amides is 2. The number of hydrogen-bond donors (Lipinski definition) is 2. The molecular weight excluding hydrogens is 302 g/mol. The number of rotatable bonds is 5. The van der Waals surface area contributed by atoms with Crippen LogP contribution in [0.15, 0.2) is 24.3 Å². The summed E-state index contributed by atoms with van der Waals surface area (Å²) < 4.78 is 0. The van der Waals surface area contributed by atoms with Gasteiger partial charge in [-0.3, -0.25) is 9.59 Å². The predicted octanol–water partition coefficient (Wildman–Crippen LogP) is 3.34. The van der Waals surface area contributed by atoms with Gasteiger partial charge in [0.1, 0.15) is 6.04 Å². The Morgan fingerprint density at radius 3 is 2.12 bits per heavy atom. The summed E-state index contributed by atoms with van der Waals surface area (Å²) in [5, 5.41) is 6.11. The Hall–Kier alpha value is -2.04. The van der Waals surface area contributed by atoms with E-state index in [9.17, 15) is 9.59 Å². The first kappa shape index (κ1) is 18.3. The summed E-state index contributed by atoms with van der Waals surface area (Å²) in [7, 11) is 0. The van der Waals surface area contributed by atoms with Crippen molar-refractivity contribution < 1.29 is 9.59 Å². The lowest BCUT2D eigenvalue weighted by atomic mass is 9.99. The average molecular weight is 331 g/mol. The lowest BCUT2D eigenvalue weighted by molar-refractivity contribution is -0.133. The first-order chi connectivity index (χ1) is 11.4. The molecule has 1 heterocycles. The minimum absolute atomic E-state index is 0.00131. The highest BCUT2D eigenvalue weighted by atomic mass is 16.2. The number of carbonyl (C=O) groups is 2. The first-order valence-electron chi connectivity index (χ1n) is 8.83. The van der Waals surface area contributed by atoms with Crippen LogP contribution in [0.1, 0.15) is 40.5 Å². The SMILES string of the molecule is CC1CCN(C(=O)C(C)Nc2ccc(NC(=O)C(C)C)cc2)CC1. The third-order valence-corrected chi connectivity index (χ3v) is 4.53. The van der Waals surface area contributed by atoms with Crippen LogP contribution in [0.5, 0.6) is 0 Å². The Kier molecular flexibility index (Phi) is 6.23. The van der Waals surface area contributed by atoms with E-state index in [1.54, 1.807) is 0 Å². The summed E-state index contributed by atoms with van der Waals surface area (Å²) in [6.45, 7) is 9.57. The maximum atomic E-state index is 12.5. The molecule has 2 amide bonds. The molecule has 1 unspecified atom stereocenters. The number of piperidine rings is 1. The van der Waals surface area contributed by atoms with Gasteiger partial charge < -0.3 is 15.5 Å². The Labute approximate surface area is 144 Å². The minimum atomic E-state index is -0.255. The molecule has 1 aliphatic rings. The molecule has 1 atom stereocenters. The van der Waals surface area contributed by atoms with Crippen molar-refractivity contribution in [3.05, 3.63) is 24.3 Å². The van der Waals surface area contributed by atoms with E-state index in [4.69, 9.17) is 0 Å². The van der Waals surface area contributed by atoms with Crippen molar-refractivity contribution >= 4 is 23.2 Å². The van der Waals surface area contributed by atoms with Gasteiger partial charge >= 0.3 is 0 Å². The van der Waals surface area contributed by atoms with Crippen LogP contribution in [0.3, 0.4) is 0 Å². The zero-order valence-corrected chi connectivity index (χ0v) is 15.1. The van der Waals surface area contributed by atoms with Crippen molar-refractivity contribution in [2.45, 2.75) is 46.6 Å². The molecule has 1 aromatic carbocycles. The largest absolute Gasteiger partial charge is 0.374 e. The summed E-state index contributed by atoms with van der Waals surface area (Å²) in [5.41, 5.74) is 1.65. The summed E-state index contributed by atoms with van der Waals surface area (Å²) in [6.07, 6.45) is 2.17. The molecule has 0 saturated carbocycles. The number of nitrogens with zero attached hydrogens (tertiary/aromatic N) is 1. The highest BCUT2D eigenvalue weighted by Crippen LogP contribution is 2.19. The number of benzene rings is 1. The fourth-order valence-corrected chi connectivity index (χ4v) is 2.75. The van der Waals surface area contributed by atoms with E-state index in [2.05, 4.69) is 17.6 Å². The van der Waals surface area contributed by atoms with Crippen LogP contribution in [0.2, 0.25) is 0 Å². The monoisotopic (exact) mass is 331 g/mol. The molecule has 132 valence electrons. The lowest BCUT2D eigenvalue weighted by Gasteiger charge is -2.32. The van der Waals surface area contributed by atoms with Crippen molar-refractivity contribution in [3.8, 4) is 0 Å². The maximum Gasteiger partial charge on any atom is 0.244 e. The molecule has 2 rings (SSSR count). The molecule has 0 radical (unpaired) electrons. The Balaban J connectivity index is 1.88. The van der Waals surface area contributed by atoms with Crippen molar-refractivity contribution in [3.63, 3.8) is 0 Å². The van der Waals surface area contributed by atoms with E-state index in [1.165, 1.54) is 0 Å². The van der Waals surface area contributed by atoms with E-state index in [0.717, 1.165) is 37.3 Å². The van der Waals surface area contributed by atoms with Gasteiger partial charge in [0.05, 0.1) is 0 Å². The summed E-state index contributed by atoms with van der Waals surface area (Å²) in [6, 6.07) is 7.22. The molecule has 0 bridgehead atoms. The Morgan fingerprint density at radius 2 is 1.58 bits per heavy atom. The van der Waals surface area contributed by atoms with E-state index >= 15 is 0 Å². The predicted molar refractivity (Wildman–Crippen MR) is 98.0 cm³/mol. The van der Waals surface area contributed by atoms with E-state index in [-0.39, 0.29) is 23.8 Å². The molecule has 1 aliphatic heterocycles. The molecule has 1 fully saturated rings. The van der Waals surface area contributed by atoms with Gasteiger partial charge in [0.25, 0.3) is 0 Å². The molecule has 0 aromatic heterocycles. The summed E-state index contributed by atoms with van der Waals surface area (Å²) in [5.74, 6) is 0.816. The standard InChI is InChI=1S/C19H29N3O2/c1-13(2)18(23)21-17-7-5-16(6-8-17)20-15(4)19(24)22-11-9-14(3)10-12-22/h5-8,13-15,20H,9-12H2,1-4H3,(H,21,23). The molecule has 0 aliphatic carbocycles. The Bertz CT molecular complexity index is 560. The van der Waals surface area contributed by atoms with Gasteiger partial charge in [-0.2, -0.15) is 0 Å². The zero-order chi connectivity index (χ0) is 17.7. The second-order valence-corrected chi connectivity index (χ2v) is 7.10. The number of hydrogen-bond acceptors (Lipinski definition) is 3. The molecule has 24 heavy (non-hydrogen) atoms. The van der Waals surface area contributed by atoms with Crippen LogP contribution in [-0.2, 0) is 9.59 Å². The second-order valence-electron chi connectivity index (χ2n) is 7.10. The molecule has 1 aromatic rings. The van der Waals surface area contributed by atoms with Crippen LogP contribution in [0, 0.1) is 11.8 Å². The molecule has 2 N–H and O–H groups in total. The summed E-state index contributed by atoms with van der Waals surface area (Å²) in [4.78, 5) is 26.1. The van der Waals surface area contributed by atoms with Crippen LogP contribution in [-0.4, -0.2) is 35.8 Å². The third kappa shape index (κ3) is 4.98. The number of carbonyl (C=O) groups excluding carboxylic acids is 2. The molecular formula is C19H29N3O2. The van der Waals surface area contributed by atoms with Crippen LogP contribution in [0.4, 0.5) is 11.4 Å². The fourth-order valence-electron chi connectivity index (χ4n) is 2.75. The normalized spacial score (nSPS) is 16.8. The van der Waals surface area contributed by atoms with Gasteiger partial charge in [-0.05, 0) is 49.9 Å². The zero-order valence-electron chi connectivity index (χ0n) is 15.1. The van der Waals surface area contributed by atoms with E-state index in [1.807, 2.05) is 49.9 Å². The van der Waals surface area contributed by atoms with Crippen LogP contribution in [0.25, 0.3) is 0 Å². The number of nitrogens with one attached hydrogen (secondary N) is 2. The topological polar surface area (TPSA) is 61.4 Å². The van der Waals surface area contributed by atoms with Gasteiger partial charge in [-0.1, -0.05) is 20.8 Å². The van der Waals surface area contributed by atoms with Crippen molar-refractivity contribution in [1.82, 2.24) is 4.90 Å².